The molecule has 0 radical (unpaired) electrons. The van der Waals surface area contributed by atoms with E-state index in [1.165, 1.54) is 16.0 Å². The van der Waals surface area contributed by atoms with Crippen LogP contribution in [0.5, 0.6) is 0 Å². The molecule has 2 aliphatic rings. The monoisotopic (exact) mass is 956 g/mol. The smallest absolute Gasteiger partial charge is 0.292 e. The number of hydroxylamine groups is 1. The molecule has 0 aromatic heterocycles. The number of aliphatic hydroxyl groups excluding tert-OH is 1. The van der Waals surface area contributed by atoms with Crippen molar-refractivity contribution in [2.75, 3.05) is 82.3 Å². The van der Waals surface area contributed by atoms with Gasteiger partial charge in [-0.15, -0.1) is 11.8 Å². The minimum atomic E-state index is -0.538. The van der Waals surface area contributed by atoms with Crippen LogP contribution in [-0.4, -0.2) is 116 Å². The Hall–Kier alpha value is -5.75. The maximum Gasteiger partial charge on any atom is 0.292 e. The minimum absolute atomic E-state index is 0.0398. The average molecular weight is 958 g/mol. The van der Waals surface area contributed by atoms with Crippen LogP contribution in [0.25, 0.3) is 11.1 Å². The van der Waals surface area contributed by atoms with Crippen LogP contribution >= 0.6 is 23.4 Å². The van der Waals surface area contributed by atoms with Crippen LogP contribution in [0.15, 0.2) is 108 Å². The van der Waals surface area contributed by atoms with Crippen LogP contribution in [0.2, 0.25) is 5.02 Å². The molecule has 0 spiro atoms. The molecule has 1 heterocycles. The number of nitrogens with zero attached hydrogens (tertiary/aromatic N) is 4. The van der Waals surface area contributed by atoms with Crippen molar-refractivity contribution in [3.05, 3.63) is 140 Å². The number of anilines is 3. The Labute approximate surface area is 403 Å². The third-order valence-electron chi connectivity index (χ3n) is 11.0. The largest absolute Gasteiger partial charge is 0.400 e. The molecule has 1 atom stereocenters. The number of allylic oxidation sites excluding steroid dienone is 3. The molecule has 6 rings (SSSR count). The number of hydrogen-bond donors (Lipinski definition) is 6. The first-order chi connectivity index (χ1) is 32.3. The van der Waals surface area contributed by atoms with E-state index in [0.717, 1.165) is 88.2 Å². The molecule has 1 unspecified atom stereocenters. The second kappa shape index (κ2) is 28.4. The first kappa shape index (κ1) is 53.9. The molecule has 17 heteroatoms. The summed E-state index contributed by atoms with van der Waals surface area (Å²) in [6.07, 6.45) is 10.2. The van der Waals surface area contributed by atoms with Gasteiger partial charge in [0.15, 0.2) is 0 Å². The van der Waals surface area contributed by atoms with Gasteiger partial charge in [0.2, 0.25) is 11.8 Å². The number of aliphatic hydroxyl groups is 1. The number of rotatable bonds is 19. The number of nitro groups is 1. The summed E-state index contributed by atoms with van der Waals surface area (Å²) in [5.41, 5.74) is 8.63. The Bertz CT molecular complexity index is 2300. The molecule has 4 aromatic carbocycles. The molecule has 67 heavy (non-hydrogen) atoms. The van der Waals surface area contributed by atoms with Gasteiger partial charge >= 0.3 is 0 Å². The number of benzene rings is 4. The van der Waals surface area contributed by atoms with E-state index in [1.807, 2.05) is 81.3 Å². The maximum atomic E-state index is 12.7. The van der Waals surface area contributed by atoms with Crippen LogP contribution < -0.4 is 26.3 Å². The van der Waals surface area contributed by atoms with E-state index in [1.54, 1.807) is 30.7 Å². The summed E-state index contributed by atoms with van der Waals surface area (Å²) in [5, 5.41) is 36.7. The molecule has 3 amide bonds. The Morgan fingerprint density at radius 1 is 0.910 bits per heavy atom. The van der Waals surface area contributed by atoms with Gasteiger partial charge in [-0.05, 0) is 112 Å². The number of thioether (sulfide) groups is 1. The zero-order chi connectivity index (χ0) is 48.7. The molecule has 0 saturated carbocycles. The lowest BCUT2D eigenvalue weighted by Crippen LogP contribution is -2.46. The second-order valence-electron chi connectivity index (χ2n) is 16.3. The predicted molar refractivity (Wildman–Crippen MR) is 272 cm³/mol. The van der Waals surface area contributed by atoms with Gasteiger partial charge in [-0.3, -0.25) is 34.6 Å². The molecule has 1 saturated heterocycles. The lowest BCUT2D eigenvalue weighted by Gasteiger charge is -2.37. The van der Waals surface area contributed by atoms with Crippen LogP contribution in [0, 0.1) is 17.0 Å². The van der Waals surface area contributed by atoms with Crippen molar-refractivity contribution in [3.8, 4) is 11.1 Å². The fraction of sp³-hybridized carbons (Fsp3) is 0.380. The van der Waals surface area contributed by atoms with Crippen molar-refractivity contribution in [3.63, 3.8) is 0 Å². The Balaban J connectivity index is 0.000000312. The molecule has 4 aromatic rings. The van der Waals surface area contributed by atoms with Crippen molar-refractivity contribution in [1.82, 2.24) is 20.6 Å². The van der Waals surface area contributed by atoms with Crippen LogP contribution in [-0.2, 0) is 16.1 Å². The number of aryl methyl sites for hydroxylation is 1. The number of carbonyl (C=O) groups is 3. The normalized spacial score (nSPS) is 13.8. The van der Waals surface area contributed by atoms with Crippen molar-refractivity contribution < 1.29 is 29.6 Å². The summed E-state index contributed by atoms with van der Waals surface area (Å²) < 4.78 is 0. The van der Waals surface area contributed by atoms with E-state index < -0.39 is 5.91 Å². The predicted octanol–water partition coefficient (Wildman–Crippen LogP) is 8.51. The van der Waals surface area contributed by atoms with Gasteiger partial charge < -0.3 is 30.9 Å². The molecule has 1 aliphatic heterocycles. The minimum Gasteiger partial charge on any atom is -0.400 e. The molecule has 6 N–H and O–H groups in total. The summed E-state index contributed by atoms with van der Waals surface area (Å²) in [7, 11) is 6.65. The van der Waals surface area contributed by atoms with Crippen LogP contribution in [0.1, 0.15) is 60.0 Å². The number of nitro benzene ring substituents is 1. The second-order valence-corrected chi connectivity index (χ2v) is 17.8. The molecule has 0 bridgehead atoms. The molecular formula is C50H65ClN8O7S. The molecule has 1 aliphatic carbocycles. The first-order valence-electron chi connectivity index (χ1n) is 22.3. The highest BCUT2D eigenvalue weighted by molar-refractivity contribution is 8.03. The quantitative estimate of drug-likeness (QED) is 0.0299. The highest BCUT2D eigenvalue weighted by Gasteiger charge is 2.23. The number of nitrogens with one attached hydrogen (secondary N) is 4. The van der Waals surface area contributed by atoms with Gasteiger partial charge in [0, 0.05) is 93.1 Å². The molecule has 360 valence electrons. The Morgan fingerprint density at radius 3 is 2.28 bits per heavy atom. The maximum absolute atomic E-state index is 12.7. The fourth-order valence-electron chi connectivity index (χ4n) is 7.47. The first-order valence-corrected chi connectivity index (χ1v) is 23.7. The summed E-state index contributed by atoms with van der Waals surface area (Å²) in [5.74, 6) is -0.164. The van der Waals surface area contributed by atoms with E-state index in [-0.39, 0.29) is 41.3 Å². The number of carbonyl (C=O) groups excluding carboxylic acids is 3. The lowest BCUT2D eigenvalue weighted by atomic mass is 9.99. The lowest BCUT2D eigenvalue weighted by molar-refractivity contribution is -0.384. The van der Waals surface area contributed by atoms with Crippen molar-refractivity contribution >= 4 is 63.8 Å². The molecule has 15 nitrogen and oxygen atoms in total. The van der Waals surface area contributed by atoms with Crippen LogP contribution in [0.3, 0.4) is 0 Å². The van der Waals surface area contributed by atoms with Crippen molar-refractivity contribution in [1.29, 1.82) is 0 Å². The summed E-state index contributed by atoms with van der Waals surface area (Å²) in [6, 6.07) is 27.1. The fourth-order valence-corrected chi connectivity index (χ4v) is 8.67. The molecule has 1 fully saturated rings. The van der Waals surface area contributed by atoms with E-state index in [0.29, 0.717) is 28.4 Å². The van der Waals surface area contributed by atoms with E-state index >= 15 is 0 Å². The van der Waals surface area contributed by atoms with E-state index in [4.69, 9.17) is 21.9 Å². The number of halogens is 1. The number of amides is 3. The van der Waals surface area contributed by atoms with Crippen molar-refractivity contribution in [2.24, 2.45) is 0 Å². The standard InChI is InChI=1S/C30H34ClN5O4.C19H27N3O2S.CH4O/c1-32-30(39)22-11-14-27(26(19-22)33-28(37)7-4-8-29(38)34-40)36-17-15-35(16-18-36)20-23-5-2-3-6-25(23)21-9-12-24(31)13-10-21;1-15-9-10-18(19(13-15)22(23)24)20-16(11-12-21(2)3)14-25-17-7-5-4-6-8-17;1-2/h2-3,5-6,9-14,19,40H,4,7-8,15-18,20H2,1H3,(H,32,39)(H,33,37)(H,34,38);5,7-10,13,16,20H,4,6,11-12,14H2,1-3H3;2H,1H3. The third-order valence-corrected chi connectivity index (χ3v) is 12.5. The van der Waals surface area contributed by atoms with Gasteiger partial charge in [0.1, 0.15) is 5.69 Å². The average Bonchev–Trinajstić information content (AvgIpc) is 3.34. The van der Waals surface area contributed by atoms with Crippen molar-refractivity contribution in [2.45, 2.75) is 58.0 Å². The highest BCUT2D eigenvalue weighted by Crippen LogP contribution is 2.32. The summed E-state index contributed by atoms with van der Waals surface area (Å²) >= 11 is 7.91. The Kier molecular flexibility index (Phi) is 22.9. The van der Waals surface area contributed by atoms with Gasteiger partial charge in [-0.2, -0.15) is 0 Å². The zero-order valence-electron chi connectivity index (χ0n) is 39.1. The number of piperazine rings is 1. The SMILES string of the molecule is CNC(=O)c1ccc(N2CCN(Cc3ccccc3-c3ccc(Cl)cc3)CC2)c(NC(=O)CCCC(=O)NO)c1.CO.Cc1ccc(NC(CCN(C)C)CSC2=CCCC=C2)c([N+](=O)[O-])c1. The van der Waals surface area contributed by atoms with Crippen LogP contribution in [0.4, 0.5) is 22.7 Å². The van der Waals surface area contributed by atoms with Gasteiger partial charge in [-0.1, -0.05) is 72.3 Å². The van der Waals surface area contributed by atoms with E-state index in [9.17, 15) is 24.5 Å². The summed E-state index contributed by atoms with van der Waals surface area (Å²) in [6.45, 7) is 6.79. The van der Waals surface area contributed by atoms with Gasteiger partial charge in [0.05, 0.1) is 16.3 Å². The highest BCUT2D eigenvalue weighted by atomic mass is 35.5. The zero-order valence-corrected chi connectivity index (χ0v) is 40.7. The third kappa shape index (κ3) is 17.8. The van der Waals surface area contributed by atoms with E-state index in [2.05, 4.69) is 67.1 Å². The molecular weight excluding hydrogens is 892 g/mol. The number of hydrogen-bond acceptors (Lipinski definition) is 12. The van der Waals surface area contributed by atoms with Gasteiger partial charge in [0.25, 0.3) is 11.6 Å². The summed E-state index contributed by atoms with van der Waals surface area (Å²) in [4.78, 5) is 55.3. The Morgan fingerprint density at radius 2 is 1.63 bits per heavy atom. The topological polar surface area (TPSA) is 193 Å². The van der Waals surface area contributed by atoms with Gasteiger partial charge in [-0.25, -0.2) is 5.48 Å².